The van der Waals surface area contributed by atoms with Gasteiger partial charge in [0.15, 0.2) is 0 Å². The van der Waals surface area contributed by atoms with Crippen molar-refractivity contribution in [3.63, 3.8) is 0 Å². The second-order valence-corrected chi connectivity index (χ2v) is 9.27. The quantitative estimate of drug-likeness (QED) is 0.866. The average molecular weight is 324 g/mol. The van der Waals surface area contributed by atoms with Gasteiger partial charge in [-0.3, -0.25) is 4.79 Å². The highest BCUT2D eigenvalue weighted by atomic mass is 35.7. The number of thiophene rings is 1. The third-order valence-electron chi connectivity index (χ3n) is 3.13. The fourth-order valence-corrected chi connectivity index (χ4v) is 3.16. The van der Waals surface area contributed by atoms with Gasteiger partial charge in [-0.05, 0) is 17.4 Å². The Balaban J connectivity index is 2.68. The zero-order valence-corrected chi connectivity index (χ0v) is 13.7. The van der Waals surface area contributed by atoms with E-state index in [1.165, 1.54) is 11.4 Å². The standard InChI is InChI=1S/C12H18ClNO3S2/c1-8(12(2,3)4)6-14-11(15)9-5-10(18-7-9)19(13,16)17/h5,7-8H,6H2,1-4H3,(H,14,15). The number of halogens is 1. The van der Waals surface area contributed by atoms with Gasteiger partial charge in [-0.25, -0.2) is 8.42 Å². The fourth-order valence-electron chi connectivity index (χ4n) is 1.22. The molecule has 0 aliphatic heterocycles. The normalized spacial score (nSPS) is 14.2. The molecule has 0 bridgehead atoms. The Morgan fingerprint density at radius 1 is 1.47 bits per heavy atom. The van der Waals surface area contributed by atoms with E-state index in [1.54, 1.807) is 0 Å². The van der Waals surface area contributed by atoms with Gasteiger partial charge >= 0.3 is 0 Å². The van der Waals surface area contributed by atoms with Crippen LogP contribution in [0.4, 0.5) is 0 Å². The first-order chi connectivity index (χ1) is 8.51. The lowest BCUT2D eigenvalue weighted by atomic mass is 9.82. The average Bonchev–Trinajstić information content (AvgIpc) is 2.72. The smallest absolute Gasteiger partial charge is 0.270 e. The summed E-state index contributed by atoms with van der Waals surface area (Å²) in [5.41, 5.74) is 0.428. The first kappa shape index (κ1) is 16.5. The Kier molecular flexibility index (Phi) is 5.03. The zero-order valence-electron chi connectivity index (χ0n) is 11.4. The van der Waals surface area contributed by atoms with E-state index in [4.69, 9.17) is 10.7 Å². The molecule has 7 heteroatoms. The van der Waals surface area contributed by atoms with E-state index in [9.17, 15) is 13.2 Å². The van der Waals surface area contributed by atoms with Crippen LogP contribution < -0.4 is 5.32 Å². The van der Waals surface area contributed by atoms with Crippen molar-refractivity contribution in [1.29, 1.82) is 0 Å². The van der Waals surface area contributed by atoms with Crippen molar-refractivity contribution in [3.05, 3.63) is 17.0 Å². The van der Waals surface area contributed by atoms with Gasteiger partial charge in [0.25, 0.3) is 15.0 Å². The van der Waals surface area contributed by atoms with Gasteiger partial charge in [0.05, 0.1) is 5.56 Å². The summed E-state index contributed by atoms with van der Waals surface area (Å²) in [5.74, 6) is 0.0326. The minimum Gasteiger partial charge on any atom is -0.352 e. The number of amides is 1. The lowest BCUT2D eigenvalue weighted by Gasteiger charge is -2.27. The summed E-state index contributed by atoms with van der Waals surface area (Å²) in [6, 6.07) is 1.30. The van der Waals surface area contributed by atoms with Crippen LogP contribution >= 0.6 is 22.0 Å². The molecule has 0 fully saturated rings. The van der Waals surface area contributed by atoms with Gasteiger partial charge in [-0.15, -0.1) is 11.3 Å². The third kappa shape index (κ3) is 4.78. The summed E-state index contributed by atoms with van der Waals surface area (Å²) in [6.07, 6.45) is 0. The summed E-state index contributed by atoms with van der Waals surface area (Å²) >= 11 is 0.944. The van der Waals surface area contributed by atoms with Gasteiger partial charge < -0.3 is 5.32 Å². The molecule has 1 atom stereocenters. The van der Waals surface area contributed by atoms with Crippen LogP contribution in [0.3, 0.4) is 0 Å². The van der Waals surface area contributed by atoms with E-state index in [0.717, 1.165) is 11.3 Å². The van der Waals surface area contributed by atoms with Crippen LogP contribution in [-0.4, -0.2) is 20.9 Å². The molecule has 1 aromatic heterocycles. The zero-order chi connectivity index (χ0) is 14.8. The molecule has 1 amide bonds. The van der Waals surface area contributed by atoms with E-state index >= 15 is 0 Å². The predicted molar refractivity (Wildman–Crippen MR) is 78.3 cm³/mol. The molecule has 4 nitrogen and oxygen atoms in total. The molecule has 0 radical (unpaired) electrons. The van der Waals surface area contributed by atoms with Crippen molar-refractivity contribution in [2.75, 3.05) is 6.54 Å². The van der Waals surface area contributed by atoms with Crippen LogP contribution in [0.15, 0.2) is 15.7 Å². The van der Waals surface area contributed by atoms with Gasteiger partial charge in [0.1, 0.15) is 4.21 Å². The lowest BCUT2D eigenvalue weighted by Crippen LogP contribution is -2.33. The van der Waals surface area contributed by atoms with Crippen molar-refractivity contribution >= 4 is 37.0 Å². The van der Waals surface area contributed by atoms with E-state index in [1.807, 2.05) is 0 Å². The fraction of sp³-hybridized carbons (Fsp3) is 0.583. The van der Waals surface area contributed by atoms with Crippen LogP contribution in [0.25, 0.3) is 0 Å². The maximum absolute atomic E-state index is 11.9. The molecule has 19 heavy (non-hydrogen) atoms. The molecule has 108 valence electrons. The molecular weight excluding hydrogens is 306 g/mol. The second kappa shape index (κ2) is 5.81. The predicted octanol–water partition coefficient (Wildman–Crippen LogP) is 3.09. The SMILES string of the molecule is CC(CNC(=O)c1csc(S(=O)(=O)Cl)c1)C(C)(C)C. The number of rotatable bonds is 4. The Morgan fingerprint density at radius 3 is 2.47 bits per heavy atom. The molecule has 1 aromatic rings. The van der Waals surface area contributed by atoms with E-state index in [0.29, 0.717) is 18.0 Å². The Bertz CT molecular complexity index is 558. The van der Waals surface area contributed by atoms with Crippen LogP contribution in [0.2, 0.25) is 0 Å². The minimum atomic E-state index is -3.76. The molecule has 0 saturated heterocycles. The van der Waals surface area contributed by atoms with Crippen molar-refractivity contribution in [2.45, 2.75) is 31.9 Å². The molecule has 0 aliphatic carbocycles. The monoisotopic (exact) mass is 323 g/mol. The number of nitrogens with one attached hydrogen (secondary N) is 1. The highest BCUT2D eigenvalue weighted by Crippen LogP contribution is 2.25. The van der Waals surface area contributed by atoms with Crippen LogP contribution in [0.1, 0.15) is 38.1 Å². The first-order valence-corrected chi connectivity index (χ1v) is 9.02. The summed E-state index contributed by atoms with van der Waals surface area (Å²) in [5, 5.41) is 4.29. The van der Waals surface area contributed by atoms with E-state index < -0.39 is 9.05 Å². The molecular formula is C12H18ClNO3S2. The van der Waals surface area contributed by atoms with Gasteiger partial charge in [-0.2, -0.15) is 0 Å². The van der Waals surface area contributed by atoms with Crippen molar-refractivity contribution in [3.8, 4) is 0 Å². The summed E-state index contributed by atoms with van der Waals surface area (Å²) < 4.78 is 22.2. The summed E-state index contributed by atoms with van der Waals surface area (Å²) in [6.45, 7) is 8.91. The molecule has 1 heterocycles. The molecule has 0 saturated carbocycles. The Morgan fingerprint density at radius 2 is 2.05 bits per heavy atom. The number of hydrogen-bond acceptors (Lipinski definition) is 4. The van der Waals surface area contributed by atoms with Crippen LogP contribution in [0, 0.1) is 11.3 Å². The first-order valence-electron chi connectivity index (χ1n) is 5.83. The molecule has 1 unspecified atom stereocenters. The largest absolute Gasteiger partial charge is 0.352 e. The Hall–Kier alpha value is -0.590. The number of carbonyl (C=O) groups is 1. The number of carbonyl (C=O) groups excluding carboxylic acids is 1. The lowest BCUT2D eigenvalue weighted by molar-refractivity contribution is 0.0937. The molecule has 0 aromatic carbocycles. The summed E-state index contributed by atoms with van der Waals surface area (Å²) in [4.78, 5) is 11.9. The van der Waals surface area contributed by atoms with Gasteiger partial charge in [0.2, 0.25) is 0 Å². The molecule has 1 N–H and O–H groups in total. The van der Waals surface area contributed by atoms with Crippen molar-refractivity contribution in [1.82, 2.24) is 5.32 Å². The maximum atomic E-state index is 11.9. The van der Waals surface area contributed by atoms with Gasteiger partial charge in [0, 0.05) is 22.6 Å². The van der Waals surface area contributed by atoms with E-state index in [2.05, 4.69) is 33.0 Å². The van der Waals surface area contributed by atoms with Crippen LogP contribution in [-0.2, 0) is 9.05 Å². The number of hydrogen-bond donors (Lipinski definition) is 1. The van der Waals surface area contributed by atoms with E-state index in [-0.39, 0.29) is 15.5 Å². The minimum absolute atomic E-state index is 0.0109. The van der Waals surface area contributed by atoms with Crippen molar-refractivity contribution < 1.29 is 13.2 Å². The molecule has 0 aliphatic rings. The highest BCUT2D eigenvalue weighted by molar-refractivity contribution is 8.15. The molecule has 1 rings (SSSR count). The topological polar surface area (TPSA) is 63.2 Å². The van der Waals surface area contributed by atoms with Crippen LogP contribution in [0.5, 0.6) is 0 Å². The Labute approximate surface area is 122 Å². The van der Waals surface area contributed by atoms with Crippen molar-refractivity contribution in [2.24, 2.45) is 11.3 Å². The second-order valence-electron chi connectivity index (χ2n) is 5.57. The maximum Gasteiger partial charge on any atom is 0.270 e. The summed E-state index contributed by atoms with van der Waals surface area (Å²) in [7, 11) is 1.46. The molecule has 0 spiro atoms. The third-order valence-corrected chi connectivity index (χ3v) is 6.17. The van der Waals surface area contributed by atoms with Gasteiger partial charge in [-0.1, -0.05) is 27.7 Å². The highest BCUT2D eigenvalue weighted by Gasteiger charge is 2.21.